The van der Waals surface area contributed by atoms with Crippen LogP contribution in [-0.2, 0) is 9.53 Å². The molecule has 0 aliphatic heterocycles. The Morgan fingerprint density at radius 2 is 1.52 bits per heavy atom. The van der Waals surface area contributed by atoms with Crippen molar-refractivity contribution in [1.29, 1.82) is 0 Å². The maximum Gasteiger partial charge on any atom is 0.334 e. The van der Waals surface area contributed by atoms with Gasteiger partial charge >= 0.3 is 5.97 Å². The Morgan fingerprint density at radius 1 is 1.00 bits per heavy atom. The standard InChI is InChI=1S/C18H35NO2/c1-6-9-12-13-17(21-18(20)16(4)5)19(14-10-7-2)15-11-8-3/h17H,4,6-15H2,1-3,5H3. The smallest absolute Gasteiger partial charge is 0.334 e. The molecule has 1 unspecified atom stereocenters. The Kier molecular flexibility index (Phi) is 12.4. The summed E-state index contributed by atoms with van der Waals surface area (Å²) in [5.41, 5.74) is 0.487. The molecule has 3 heteroatoms. The first-order valence-electron chi connectivity index (χ1n) is 8.67. The van der Waals surface area contributed by atoms with Gasteiger partial charge in [0.2, 0.25) is 0 Å². The molecule has 0 heterocycles. The van der Waals surface area contributed by atoms with E-state index in [1.807, 2.05) is 0 Å². The van der Waals surface area contributed by atoms with Gasteiger partial charge in [-0.1, -0.05) is 53.0 Å². The van der Waals surface area contributed by atoms with E-state index in [1.54, 1.807) is 6.92 Å². The van der Waals surface area contributed by atoms with E-state index in [9.17, 15) is 4.79 Å². The normalized spacial score (nSPS) is 12.4. The fourth-order valence-corrected chi connectivity index (χ4v) is 2.23. The number of carbonyl (C=O) groups excluding carboxylic acids is 1. The van der Waals surface area contributed by atoms with Gasteiger partial charge in [0, 0.05) is 18.7 Å². The van der Waals surface area contributed by atoms with E-state index in [0.717, 1.165) is 38.8 Å². The van der Waals surface area contributed by atoms with Crippen LogP contribution in [0.1, 0.15) is 79.1 Å². The van der Waals surface area contributed by atoms with Crippen LogP contribution >= 0.6 is 0 Å². The van der Waals surface area contributed by atoms with Gasteiger partial charge in [-0.3, -0.25) is 4.90 Å². The molecule has 0 aliphatic rings. The summed E-state index contributed by atoms with van der Waals surface area (Å²) in [5, 5.41) is 0. The molecule has 0 aromatic rings. The average Bonchev–Trinajstić information content (AvgIpc) is 2.46. The molecule has 0 N–H and O–H groups in total. The van der Waals surface area contributed by atoms with Crippen molar-refractivity contribution in [3.05, 3.63) is 12.2 Å². The predicted octanol–water partition coefficient (Wildman–Crippen LogP) is 4.91. The molecule has 0 aliphatic carbocycles. The van der Waals surface area contributed by atoms with E-state index in [-0.39, 0.29) is 12.2 Å². The van der Waals surface area contributed by atoms with E-state index in [0.29, 0.717) is 5.57 Å². The van der Waals surface area contributed by atoms with Crippen molar-refractivity contribution < 1.29 is 9.53 Å². The molecule has 124 valence electrons. The topological polar surface area (TPSA) is 29.5 Å². The minimum Gasteiger partial charge on any atom is -0.443 e. The van der Waals surface area contributed by atoms with E-state index in [4.69, 9.17) is 4.74 Å². The van der Waals surface area contributed by atoms with Crippen molar-refractivity contribution in [2.24, 2.45) is 0 Å². The van der Waals surface area contributed by atoms with Crippen molar-refractivity contribution in [3.63, 3.8) is 0 Å². The Morgan fingerprint density at radius 3 is 1.95 bits per heavy atom. The summed E-state index contributed by atoms with van der Waals surface area (Å²) in [4.78, 5) is 14.2. The zero-order valence-electron chi connectivity index (χ0n) is 14.6. The summed E-state index contributed by atoms with van der Waals surface area (Å²) < 4.78 is 5.70. The highest BCUT2D eigenvalue weighted by Gasteiger charge is 2.21. The van der Waals surface area contributed by atoms with Crippen molar-refractivity contribution in [2.75, 3.05) is 13.1 Å². The molecule has 3 nitrogen and oxygen atoms in total. The average molecular weight is 297 g/mol. The molecule has 0 aromatic heterocycles. The first-order chi connectivity index (χ1) is 10.1. The third-order valence-electron chi connectivity index (χ3n) is 3.65. The fourth-order valence-electron chi connectivity index (χ4n) is 2.23. The highest BCUT2D eigenvalue weighted by atomic mass is 16.6. The van der Waals surface area contributed by atoms with Gasteiger partial charge in [0.15, 0.2) is 6.23 Å². The maximum absolute atomic E-state index is 11.9. The van der Waals surface area contributed by atoms with Crippen LogP contribution in [0.2, 0.25) is 0 Å². The molecule has 0 aromatic carbocycles. The van der Waals surface area contributed by atoms with Gasteiger partial charge in [0.25, 0.3) is 0 Å². The Bertz CT molecular complexity index is 281. The predicted molar refractivity (Wildman–Crippen MR) is 90.2 cm³/mol. The molecular formula is C18H35NO2. The van der Waals surface area contributed by atoms with Crippen LogP contribution in [0.5, 0.6) is 0 Å². The number of unbranched alkanes of at least 4 members (excludes halogenated alkanes) is 4. The van der Waals surface area contributed by atoms with Crippen LogP contribution in [0.25, 0.3) is 0 Å². The Labute approximate surface area is 131 Å². The highest BCUT2D eigenvalue weighted by molar-refractivity contribution is 5.87. The van der Waals surface area contributed by atoms with Crippen LogP contribution in [0.4, 0.5) is 0 Å². The Balaban J connectivity index is 4.70. The van der Waals surface area contributed by atoms with Gasteiger partial charge < -0.3 is 4.74 Å². The lowest BCUT2D eigenvalue weighted by atomic mass is 10.1. The van der Waals surface area contributed by atoms with Gasteiger partial charge in [-0.2, -0.15) is 0 Å². The second-order valence-electron chi connectivity index (χ2n) is 5.88. The third kappa shape index (κ3) is 9.67. The highest BCUT2D eigenvalue weighted by Crippen LogP contribution is 2.15. The lowest BCUT2D eigenvalue weighted by Crippen LogP contribution is -2.40. The number of hydrogen-bond acceptors (Lipinski definition) is 3. The zero-order chi connectivity index (χ0) is 16.1. The quantitative estimate of drug-likeness (QED) is 0.209. The van der Waals surface area contributed by atoms with Crippen LogP contribution in [0, 0.1) is 0 Å². The van der Waals surface area contributed by atoms with E-state index in [2.05, 4.69) is 32.3 Å². The van der Waals surface area contributed by atoms with Gasteiger partial charge in [-0.15, -0.1) is 0 Å². The lowest BCUT2D eigenvalue weighted by molar-refractivity contribution is -0.155. The molecule has 0 saturated carbocycles. The summed E-state index contributed by atoms with van der Waals surface area (Å²) in [6, 6.07) is 0. The first kappa shape index (κ1) is 20.2. The van der Waals surface area contributed by atoms with Gasteiger partial charge in [0.05, 0.1) is 0 Å². The number of nitrogens with zero attached hydrogens (tertiary/aromatic N) is 1. The summed E-state index contributed by atoms with van der Waals surface area (Å²) in [6.45, 7) is 14.0. The van der Waals surface area contributed by atoms with Crippen molar-refractivity contribution in [2.45, 2.75) is 85.3 Å². The molecule has 0 fully saturated rings. The second-order valence-corrected chi connectivity index (χ2v) is 5.88. The number of rotatable bonds is 13. The zero-order valence-corrected chi connectivity index (χ0v) is 14.6. The minimum absolute atomic E-state index is 0.0844. The molecule has 0 radical (unpaired) electrons. The summed E-state index contributed by atoms with van der Waals surface area (Å²) in [5.74, 6) is -0.255. The van der Waals surface area contributed by atoms with Crippen LogP contribution < -0.4 is 0 Å². The molecule has 0 rings (SSSR count). The lowest BCUT2D eigenvalue weighted by Gasteiger charge is -2.31. The van der Waals surface area contributed by atoms with Crippen LogP contribution in [0.15, 0.2) is 12.2 Å². The molecule has 0 saturated heterocycles. The van der Waals surface area contributed by atoms with E-state index in [1.165, 1.54) is 25.7 Å². The maximum atomic E-state index is 11.9. The Hall–Kier alpha value is -0.830. The van der Waals surface area contributed by atoms with Crippen LogP contribution in [-0.4, -0.2) is 30.2 Å². The first-order valence-corrected chi connectivity index (χ1v) is 8.67. The summed E-state index contributed by atoms with van der Waals surface area (Å²) >= 11 is 0. The number of hydrogen-bond donors (Lipinski definition) is 0. The minimum atomic E-state index is -0.255. The van der Waals surface area contributed by atoms with Gasteiger partial charge in [0.1, 0.15) is 0 Å². The second kappa shape index (κ2) is 12.9. The molecule has 1 atom stereocenters. The number of carbonyl (C=O) groups is 1. The van der Waals surface area contributed by atoms with Crippen molar-refractivity contribution >= 4 is 5.97 Å². The fraction of sp³-hybridized carbons (Fsp3) is 0.833. The molecular weight excluding hydrogens is 262 g/mol. The SMILES string of the molecule is C=C(C)C(=O)OC(CCCCC)N(CCCC)CCCC. The summed E-state index contributed by atoms with van der Waals surface area (Å²) in [7, 11) is 0. The molecule has 21 heavy (non-hydrogen) atoms. The van der Waals surface area contributed by atoms with Crippen LogP contribution in [0.3, 0.4) is 0 Å². The van der Waals surface area contributed by atoms with Crippen molar-refractivity contribution in [3.8, 4) is 0 Å². The third-order valence-corrected chi connectivity index (χ3v) is 3.65. The van der Waals surface area contributed by atoms with E-state index < -0.39 is 0 Å². The van der Waals surface area contributed by atoms with Gasteiger partial charge in [-0.25, -0.2) is 4.79 Å². The molecule has 0 bridgehead atoms. The molecule has 0 amide bonds. The number of esters is 1. The monoisotopic (exact) mass is 297 g/mol. The largest absolute Gasteiger partial charge is 0.443 e. The van der Waals surface area contributed by atoms with Crippen molar-refractivity contribution in [1.82, 2.24) is 4.90 Å². The molecule has 0 spiro atoms. The summed E-state index contributed by atoms with van der Waals surface area (Å²) in [6.07, 6.45) is 8.97. The van der Waals surface area contributed by atoms with E-state index >= 15 is 0 Å². The van der Waals surface area contributed by atoms with Gasteiger partial charge in [-0.05, 0) is 32.6 Å². The number of ether oxygens (including phenoxy) is 1.